The lowest BCUT2D eigenvalue weighted by Gasteiger charge is -2.18. The number of ether oxygens (including phenoxy) is 3. The summed E-state index contributed by atoms with van der Waals surface area (Å²) in [4.78, 5) is 38.2. The summed E-state index contributed by atoms with van der Waals surface area (Å²) in [5.74, 6) is -0.989. The molecule has 0 radical (unpaired) electrons. The van der Waals surface area contributed by atoms with Gasteiger partial charge in [-0.05, 0) is 122 Å². The molecule has 404 valence electrons. The third-order valence-corrected chi connectivity index (χ3v) is 12.2. The highest BCUT2D eigenvalue weighted by atomic mass is 16.6. The molecule has 0 aliphatic carbocycles. The first-order valence-corrected chi connectivity index (χ1v) is 29.4. The van der Waals surface area contributed by atoms with Crippen LogP contribution in [0.3, 0.4) is 0 Å². The van der Waals surface area contributed by atoms with Gasteiger partial charge in [-0.2, -0.15) is 0 Å². The first-order valence-electron chi connectivity index (χ1n) is 29.4. The Kier molecular flexibility index (Phi) is 55.4. The van der Waals surface area contributed by atoms with Gasteiger partial charge >= 0.3 is 17.9 Å². The number of unbranched alkanes of at least 4 members (excludes halogenated alkanes) is 23. The fraction of sp³-hybridized carbons (Fsp3) is 0.677. The molecular formula is C65H108O6. The van der Waals surface area contributed by atoms with Crippen LogP contribution < -0.4 is 0 Å². The van der Waals surface area contributed by atoms with Crippen molar-refractivity contribution in [2.75, 3.05) is 13.2 Å². The molecule has 0 aromatic heterocycles. The first kappa shape index (κ1) is 67.1. The van der Waals surface area contributed by atoms with Crippen molar-refractivity contribution in [3.63, 3.8) is 0 Å². The molecule has 1 unspecified atom stereocenters. The molecule has 0 aliphatic rings. The number of carbonyl (C=O) groups is 3. The Bertz CT molecular complexity index is 1460. The van der Waals surface area contributed by atoms with Crippen molar-refractivity contribution in [3.05, 3.63) is 109 Å². The Balaban J connectivity index is 4.50. The lowest BCUT2D eigenvalue weighted by atomic mass is 10.1. The molecule has 0 bridgehead atoms. The minimum Gasteiger partial charge on any atom is -0.462 e. The van der Waals surface area contributed by atoms with Crippen LogP contribution in [-0.2, 0) is 28.6 Å². The summed E-state index contributed by atoms with van der Waals surface area (Å²) in [6.07, 6.45) is 79.4. The van der Waals surface area contributed by atoms with E-state index in [-0.39, 0.29) is 37.5 Å². The number of allylic oxidation sites excluding steroid dienone is 18. The highest BCUT2D eigenvalue weighted by Crippen LogP contribution is 2.14. The van der Waals surface area contributed by atoms with Crippen LogP contribution in [0.25, 0.3) is 0 Å². The maximum absolute atomic E-state index is 12.8. The second-order valence-electron chi connectivity index (χ2n) is 19.2. The van der Waals surface area contributed by atoms with E-state index in [0.29, 0.717) is 19.3 Å². The largest absolute Gasteiger partial charge is 0.462 e. The molecule has 0 heterocycles. The molecule has 0 saturated heterocycles. The molecule has 6 nitrogen and oxygen atoms in total. The van der Waals surface area contributed by atoms with E-state index >= 15 is 0 Å². The molecule has 0 aromatic rings. The SMILES string of the molecule is CC/C=C\C/C=C\C/C=C\C/C=C\C/C=C\CCCC(=O)OC(COC(=O)CCCCCCC/C=C\CCCCCCCC)COC(=O)CCCCCCCC/C=C\C/C=C\C/C=C\CCCCCCC. The van der Waals surface area contributed by atoms with Crippen LogP contribution in [-0.4, -0.2) is 37.2 Å². The van der Waals surface area contributed by atoms with E-state index in [4.69, 9.17) is 14.2 Å². The van der Waals surface area contributed by atoms with Crippen molar-refractivity contribution in [3.8, 4) is 0 Å². The fourth-order valence-corrected chi connectivity index (χ4v) is 7.83. The molecule has 1 atom stereocenters. The van der Waals surface area contributed by atoms with E-state index in [1.54, 1.807) is 0 Å². The van der Waals surface area contributed by atoms with Crippen molar-refractivity contribution in [1.29, 1.82) is 0 Å². The van der Waals surface area contributed by atoms with Gasteiger partial charge in [0.2, 0.25) is 0 Å². The lowest BCUT2D eigenvalue weighted by Crippen LogP contribution is -2.30. The van der Waals surface area contributed by atoms with Gasteiger partial charge in [-0.3, -0.25) is 14.4 Å². The number of rotatable bonds is 52. The van der Waals surface area contributed by atoms with Gasteiger partial charge in [0.1, 0.15) is 13.2 Å². The Morgan fingerprint density at radius 3 is 0.915 bits per heavy atom. The van der Waals surface area contributed by atoms with Gasteiger partial charge in [-0.1, -0.05) is 233 Å². The summed E-state index contributed by atoms with van der Waals surface area (Å²) < 4.78 is 16.8. The zero-order valence-electron chi connectivity index (χ0n) is 46.2. The molecule has 0 aliphatic heterocycles. The van der Waals surface area contributed by atoms with E-state index in [2.05, 4.69) is 130 Å². The highest BCUT2D eigenvalue weighted by molar-refractivity contribution is 5.71. The smallest absolute Gasteiger partial charge is 0.306 e. The highest BCUT2D eigenvalue weighted by Gasteiger charge is 2.19. The van der Waals surface area contributed by atoms with Crippen molar-refractivity contribution < 1.29 is 28.6 Å². The number of hydrogen-bond donors (Lipinski definition) is 0. The Morgan fingerprint density at radius 1 is 0.296 bits per heavy atom. The Labute approximate surface area is 438 Å². The molecule has 0 N–H and O–H groups in total. The molecule has 0 rings (SSSR count). The third-order valence-electron chi connectivity index (χ3n) is 12.2. The zero-order chi connectivity index (χ0) is 51.4. The second-order valence-corrected chi connectivity index (χ2v) is 19.2. The van der Waals surface area contributed by atoms with Gasteiger partial charge in [0.05, 0.1) is 0 Å². The number of carbonyl (C=O) groups excluding carboxylic acids is 3. The summed E-state index contributed by atoms with van der Waals surface area (Å²) in [6.45, 7) is 6.45. The predicted molar refractivity (Wildman–Crippen MR) is 307 cm³/mol. The van der Waals surface area contributed by atoms with Gasteiger partial charge in [0.15, 0.2) is 6.10 Å². The third kappa shape index (κ3) is 56.9. The molecule has 71 heavy (non-hydrogen) atoms. The van der Waals surface area contributed by atoms with E-state index in [0.717, 1.165) is 116 Å². The summed E-state index contributed by atoms with van der Waals surface area (Å²) in [6, 6.07) is 0. The van der Waals surface area contributed by atoms with Crippen LogP contribution in [0, 0.1) is 0 Å². The number of esters is 3. The summed E-state index contributed by atoms with van der Waals surface area (Å²) in [7, 11) is 0. The molecule has 0 fully saturated rings. The van der Waals surface area contributed by atoms with Crippen molar-refractivity contribution in [1.82, 2.24) is 0 Å². The predicted octanol–water partition coefficient (Wildman–Crippen LogP) is 19.9. The van der Waals surface area contributed by atoms with Crippen LogP contribution in [0.15, 0.2) is 109 Å². The van der Waals surface area contributed by atoms with Crippen LogP contribution in [0.5, 0.6) is 0 Å². The van der Waals surface area contributed by atoms with Crippen molar-refractivity contribution >= 4 is 17.9 Å². The maximum atomic E-state index is 12.8. The van der Waals surface area contributed by atoms with Gasteiger partial charge in [0, 0.05) is 19.3 Å². The van der Waals surface area contributed by atoms with Crippen LogP contribution in [0.4, 0.5) is 0 Å². The second kappa shape index (κ2) is 58.6. The normalized spacial score (nSPS) is 12.9. The Morgan fingerprint density at radius 2 is 0.563 bits per heavy atom. The molecule has 0 spiro atoms. The lowest BCUT2D eigenvalue weighted by molar-refractivity contribution is -0.167. The topological polar surface area (TPSA) is 78.9 Å². The molecule has 0 amide bonds. The van der Waals surface area contributed by atoms with E-state index in [1.165, 1.54) is 103 Å². The molecule has 6 heteroatoms. The van der Waals surface area contributed by atoms with Crippen molar-refractivity contribution in [2.45, 2.75) is 271 Å². The van der Waals surface area contributed by atoms with E-state index < -0.39 is 6.10 Å². The summed E-state index contributed by atoms with van der Waals surface area (Å²) in [5.41, 5.74) is 0. The fourth-order valence-electron chi connectivity index (χ4n) is 7.83. The minimum absolute atomic E-state index is 0.111. The first-order chi connectivity index (χ1) is 35.0. The average Bonchev–Trinajstić information content (AvgIpc) is 3.37. The van der Waals surface area contributed by atoms with Crippen LogP contribution >= 0.6 is 0 Å². The van der Waals surface area contributed by atoms with Crippen LogP contribution in [0.2, 0.25) is 0 Å². The van der Waals surface area contributed by atoms with Gasteiger partial charge in [-0.25, -0.2) is 0 Å². The van der Waals surface area contributed by atoms with Crippen LogP contribution in [0.1, 0.15) is 265 Å². The van der Waals surface area contributed by atoms with Gasteiger partial charge in [-0.15, -0.1) is 0 Å². The molecule has 0 saturated carbocycles. The summed E-state index contributed by atoms with van der Waals surface area (Å²) in [5, 5.41) is 0. The zero-order valence-corrected chi connectivity index (χ0v) is 46.2. The minimum atomic E-state index is -0.819. The number of hydrogen-bond acceptors (Lipinski definition) is 6. The van der Waals surface area contributed by atoms with E-state index in [1.807, 2.05) is 0 Å². The monoisotopic (exact) mass is 985 g/mol. The maximum Gasteiger partial charge on any atom is 0.306 e. The van der Waals surface area contributed by atoms with E-state index in [9.17, 15) is 14.4 Å². The Hall–Kier alpha value is -3.93. The molecule has 0 aromatic carbocycles. The van der Waals surface area contributed by atoms with Crippen molar-refractivity contribution in [2.24, 2.45) is 0 Å². The van der Waals surface area contributed by atoms with Gasteiger partial charge in [0.25, 0.3) is 0 Å². The quantitative estimate of drug-likeness (QED) is 0.0261. The summed E-state index contributed by atoms with van der Waals surface area (Å²) >= 11 is 0. The van der Waals surface area contributed by atoms with Gasteiger partial charge < -0.3 is 14.2 Å². The standard InChI is InChI=1S/C65H108O6/c1-4-7-10-13-16-19-22-25-28-30-31-32-33-35-37-40-43-46-49-52-55-58-64(67)70-61-62(60-69-63(66)57-54-51-48-45-42-39-36-27-24-21-18-15-12-9-6-3)71-65(68)59-56-53-50-47-44-41-38-34-29-26-23-20-17-14-11-8-5-2/h8,11,17,20,22,25-27,29-31,33,35-36,38,41,47,50,62H,4-7,9-10,12-16,18-19,21,23-24,28,32,34,37,39-40,42-46,48-49,51-61H2,1-3H3/b11-8-,20-17-,25-22-,29-26-,31-30-,35-33-,36-27-,41-38-,50-47-. The molecular weight excluding hydrogens is 877 g/mol. The average molecular weight is 986 g/mol.